The van der Waals surface area contributed by atoms with Gasteiger partial charge in [-0.2, -0.15) is 0 Å². The zero-order valence-corrected chi connectivity index (χ0v) is 13.1. The molecule has 0 saturated carbocycles. The molecule has 0 aromatic heterocycles. The molecule has 0 atom stereocenters. The van der Waals surface area contributed by atoms with Crippen LogP contribution in [-0.2, 0) is 4.79 Å². The molecule has 0 radical (unpaired) electrons. The fraction of sp³-hybridized carbons (Fsp3) is 0.471. The lowest BCUT2D eigenvalue weighted by molar-refractivity contribution is -0.112. The minimum Gasteiger partial charge on any atom is -0.388 e. The van der Waals surface area contributed by atoms with Crippen LogP contribution in [0.3, 0.4) is 0 Å². The van der Waals surface area contributed by atoms with E-state index in [1.165, 1.54) is 12.8 Å². The van der Waals surface area contributed by atoms with Gasteiger partial charge in [-0.1, -0.05) is 6.42 Å². The molecule has 1 aromatic rings. The fourth-order valence-electron chi connectivity index (χ4n) is 3.12. The van der Waals surface area contributed by atoms with E-state index in [9.17, 15) is 4.79 Å². The summed E-state index contributed by atoms with van der Waals surface area (Å²) in [6.45, 7) is 0.971. The molecular weight excluding hydrogens is 262 g/mol. The number of hydrogen-bond donors (Lipinski definition) is 1. The third-order valence-corrected chi connectivity index (χ3v) is 4.39. The summed E-state index contributed by atoms with van der Waals surface area (Å²) in [6.07, 6.45) is 4.55. The first-order valence-electron chi connectivity index (χ1n) is 7.66. The second-order valence-corrected chi connectivity index (χ2v) is 6.05. The van der Waals surface area contributed by atoms with E-state index in [2.05, 4.69) is 22.3 Å². The monoisotopic (exact) mass is 285 g/mol. The molecule has 1 N–H and O–H groups in total. The molecule has 3 rings (SSSR count). The van der Waals surface area contributed by atoms with Gasteiger partial charge in [-0.15, -0.1) is 0 Å². The Labute approximate surface area is 126 Å². The summed E-state index contributed by atoms with van der Waals surface area (Å²) in [5.74, 6) is 0.116. The van der Waals surface area contributed by atoms with Crippen LogP contribution in [0, 0.1) is 0 Å². The van der Waals surface area contributed by atoms with Gasteiger partial charge in [-0.3, -0.25) is 4.79 Å². The number of benzene rings is 1. The van der Waals surface area contributed by atoms with Crippen LogP contribution < -0.4 is 15.1 Å². The number of amides is 1. The van der Waals surface area contributed by atoms with Gasteiger partial charge in [0.2, 0.25) is 0 Å². The number of likely N-dealkylation sites (N-methyl/N-ethyl adjacent to an activating group) is 1. The molecule has 1 saturated heterocycles. The van der Waals surface area contributed by atoms with E-state index in [1.807, 2.05) is 27.2 Å². The predicted molar refractivity (Wildman–Crippen MR) is 87.6 cm³/mol. The van der Waals surface area contributed by atoms with Gasteiger partial charge in [-0.05, 0) is 37.5 Å². The fourth-order valence-corrected chi connectivity index (χ4v) is 3.12. The lowest BCUT2D eigenvalue weighted by atomic mass is 10.0. The lowest BCUT2D eigenvalue weighted by Crippen LogP contribution is -2.23. The molecule has 1 aromatic carbocycles. The summed E-state index contributed by atoms with van der Waals surface area (Å²) in [5.41, 5.74) is 5.21. The molecule has 2 heterocycles. The van der Waals surface area contributed by atoms with Crippen molar-refractivity contribution in [2.24, 2.45) is 0 Å². The quantitative estimate of drug-likeness (QED) is 0.806. The molecule has 0 spiro atoms. The van der Waals surface area contributed by atoms with Crippen molar-refractivity contribution in [3.05, 3.63) is 29.5 Å². The second-order valence-electron chi connectivity index (χ2n) is 6.05. The van der Waals surface area contributed by atoms with Gasteiger partial charge in [0.1, 0.15) is 0 Å². The average molecular weight is 285 g/mol. The predicted octanol–water partition coefficient (Wildman–Crippen LogP) is 2.60. The van der Waals surface area contributed by atoms with Gasteiger partial charge in [0.05, 0.1) is 11.3 Å². The smallest absolute Gasteiger partial charge is 0.260 e. The second kappa shape index (κ2) is 5.43. The van der Waals surface area contributed by atoms with Crippen LogP contribution in [0.25, 0.3) is 5.57 Å². The van der Waals surface area contributed by atoms with Crippen LogP contribution >= 0.6 is 0 Å². The van der Waals surface area contributed by atoms with Crippen molar-refractivity contribution < 1.29 is 4.79 Å². The topological polar surface area (TPSA) is 35.6 Å². The Bertz CT molecular complexity index is 594. The minimum absolute atomic E-state index is 0.116. The number of hydrogen-bond acceptors (Lipinski definition) is 3. The molecule has 21 heavy (non-hydrogen) atoms. The maximum Gasteiger partial charge on any atom is 0.260 e. The standard InChI is InChI=1S/C17H23N3O/c1-19(2)12-8-9-15-13(11-12)16(17(21)20(15)3)14-7-5-4-6-10-18-14/h8-9,11,18H,4-7,10H2,1-3H3/b16-14-. The van der Waals surface area contributed by atoms with E-state index < -0.39 is 0 Å². The normalized spacial score (nSPS) is 21.9. The van der Waals surface area contributed by atoms with Gasteiger partial charge >= 0.3 is 0 Å². The summed E-state index contributed by atoms with van der Waals surface area (Å²) in [4.78, 5) is 16.5. The van der Waals surface area contributed by atoms with Crippen molar-refractivity contribution in [2.45, 2.75) is 25.7 Å². The van der Waals surface area contributed by atoms with Crippen molar-refractivity contribution in [3.8, 4) is 0 Å². The van der Waals surface area contributed by atoms with E-state index in [1.54, 1.807) is 4.90 Å². The Morgan fingerprint density at radius 1 is 1.19 bits per heavy atom. The highest BCUT2D eigenvalue weighted by molar-refractivity contribution is 6.33. The summed E-state index contributed by atoms with van der Waals surface area (Å²) >= 11 is 0. The maximum atomic E-state index is 12.7. The van der Waals surface area contributed by atoms with Crippen LogP contribution in [0.5, 0.6) is 0 Å². The SMILES string of the molecule is CN(C)c1ccc2c(c1)/C(=C1\CCCCCN1)C(=O)N2C. The average Bonchev–Trinajstić information content (AvgIpc) is 2.67. The molecule has 4 nitrogen and oxygen atoms in total. The highest BCUT2D eigenvalue weighted by Gasteiger charge is 2.32. The van der Waals surface area contributed by atoms with Crippen molar-refractivity contribution in [1.29, 1.82) is 0 Å². The molecule has 0 aliphatic carbocycles. The van der Waals surface area contributed by atoms with E-state index in [4.69, 9.17) is 0 Å². The van der Waals surface area contributed by atoms with Crippen LogP contribution in [0.2, 0.25) is 0 Å². The highest BCUT2D eigenvalue weighted by Crippen LogP contribution is 2.40. The van der Waals surface area contributed by atoms with Crippen molar-refractivity contribution in [1.82, 2.24) is 5.32 Å². The number of fused-ring (bicyclic) bond motifs is 1. The Kier molecular flexibility index (Phi) is 3.62. The molecule has 1 amide bonds. The van der Waals surface area contributed by atoms with Crippen LogP contribution in [-0.4, -0.2) is 33.6 Å². The maximum absolute atomic E-state index is 12.7. The lowest BCUT2D eigenvalue weighted by Gasteiger charge is -2.15. The Hall–Kier alpha value is -1.97. The van der Waals surface area contributed by atoms with Gasteiger partial charge < -0.3 is 15.1 Å². The Balaban J connectivity index is 2.12. The summed E-state index contributed by atoms with van der Waals surface area (Å²) in [6, 6.07) is 6.25. The van der Waals surface area contributed by atoms with E-state index in [0.29, 0.717) is 0 Å². The molecule has 1 fully saturated rings. The molecule has 4 heteroatoms. The van der Waals surface area contributed by atoms with E-state index in [0.717, 1.165) is 47.6 Å². The van der Waals surface area contributed by atoms with Gasteiger partial charge in [0.25, 0.3) is 5.91 Å². The summed E-state index contributed by atoms with van der Waals surface area (Å²) in [7, 11) is 5.92. The van der Waals surface area contributed by atoms with Gasteiger partial charge in [0, 0.05) is 44.6 Å². The zero-order valence-electron chi connectivity index (χ0n) is 13.1. The number of anilines is 2. The molecule has 112 valence electrons. The molecule has 2 aliphatic heterocycles. The van der Waals surface area contributed by atoms with Crippen molar-refractivity contribution in [3.63, 3.8) is 0 Å². The third kappa shape index (κ3) is 2.39. The number of rotatable bonds is 1. The number of carbonyl (C=O) groups is 1. The van der Waals surface area contributed by atoms with Crippen LogP contribution in [0.15, 0.2) is 23.9 Å². The van der Waals surface area contributed by atoms with E-state index in [-0.39, 0.29) is 5.91 Å². The van der Waals surface area contributed by atoms with Gasteiger partial charge in [0.15, 0.2) is 0 Å². The number of carbonyl (C=O) groups excluding carboxylic acids is 1. The number of nitrogens with zero attached hydrogens (tertiary/aromatic N) is 2. The number of allylic oxidation sites excluding steroid dienone is 1. The molecular formula is C17H23N3O. The van der Waals surface area contributed by atoms with Gasteiger partial charge in [-0.25, -0.2) is 0 Å². The summed E-state index contributed by atoms with van der Waals surface area (Å²) < 4.78 is 0. The Morgan fingerprint density at radius 2 is 2.00 bits per heavy atom. The molecule has 0 unspecified atom stereocenters. The third-order valence-electron chi connectivity index (χ3n) is 4.39. The number of nitrogens with one attached hydrogen (secondary N) is 1. The highest BCUT2D eigenvalue weighted by atomic mass is 16.2. The summed E-state index contributed by atoms with van der Waals surface area (Å²) in [5, 5.41) is 3.48. The minimum atomic E-state index is 0.116. The first-order chi connectivity index (χ1) is 10.1. The first kappa shape index (κ1) is 14.0. The molecule has 2 aliphatic rings. The van der Waals surface area contributed by atoms with Crippen molar-refractivity contribution >= 4 is 22.9 Å². The molecule has 0 bridgehead atoms. The van der Waals surface area contributed by atoms with Crippen molar-refractivity contribution in [2.75, 3.05) is 37.5 Å². The first-order valence-corrected chi connectivity index (χ1v) is 7.66. The van der Waals surface area contributed by atoms with E-state index >= 15 is 0 Å². The Morgan fingerprint density at radius 3 is 2.76 bits per heavy atom. The zero-order chi connectivity index (χ0) is 15.0. The largest absolute Gasteiger partial charge is 0.388 e. The van der Waals surface area contributed by atoms with Crippen LogP contribution in [0.4, 0.5) is 11.4 Å². The van der Waals surface area contributed by atoms with Crippen LogP contribution in [0.1, 0.15) is 31.2 Å².